The van der Waals surface area contributed by atoms with Crippen molar-refractivity contribution < 1.29 is 4.42 Å². The molecule has 14 aromatic rings. The smallest absolute Gasteiger partial charge is 0.164 e. The van der Waals surface area contributed by atoms with Gasteiger partial charge in [0.25, 0.3) is 0 Å². The van der Waals surface area contributed by atoms with E-state index in [1.165, 1.54) is 36.5 Å². The predicted molar refractivity (Wildman–Crippen MR) is 287 cm³/mol. The summed E-state index contributed by atoms with van der Waals surface area (Å²) in [6.45, 7) is 0. The van der Waals surface area contributed by atoms with Crippen molar-refractivity contribution in [1.82, 2.24) is 19.5 Å². The first kappa shape index (κ1) is 39.2. The van der Waals surface area contributed by atoms with Gasteiger partial charge in [-0.2, -0.15) is 0 Å². The molecule has 0 atom stereocenters. The summed E-state index contributed by atoms with van der Waals surface area (Å²) in [5.74, 6) is 1.77. The molecule has 14 rings (SSSR count). The Balaban J connectivity index is 1.04. The molecule has 0 bridgehead atoms. The predicted octanol–water partition coefficient (Wildman–Crippen LogP) is 17.2. The van der Waals surface area contributed by atoms with E-state index in [0.717, 1.165) is 83.2 Å². The number of para-hydroxylation sites is 2. The molecular formula is C63H38N4OS. The molecule has 6 heteroatoms. The molecule has 0 spiro atoms. The van der Waals surface area contributed by atoms with Gasteiger partial charge in [0.15, 0.2) is 17.5 Å². The Morgan fingerprint density at radius 1 is 0.348 bits per heavy atom. The van der Waals surface area contributed by atoms with Gasteiger partial charge in [-0.25, -0.2) is 15.0 Å². The maximum atomic E-state index is 6.49. The fourth-order valence-corrected chi connectivity index (χ4v) is 11.4. The third kappa shape index (κ3) is 6.56. The molecule has 0 fully saturated rings. The molecule has 69 heavy (non-hydrogen) atoms. The van der Waals surface area contributed by atoms with E-state index in [1.807, 2.05) is 35.6 Å². The molecule has 0 unspecified atom stereocenters. The number of nitrogens with zero attached hydrogens (tertiary/aromatic N) is 4. The van der Waals surface area contributed by atoms with E-state index < -0.39 is 0 Å². The van der Waals surface area contributed by atoms with Crippen molar-refractivity contribution in [1.29, 1.82) is 0 Å². The third-order valence-electron chi connectivity index (χ3n) is 13.5. The molecule has 4 heterocycles. The minimum atomic E-state index is 0.578. The Kier molecular flexibility index (Phi) is 9.00. The Morgan fingerprint density at radius 2 is 0.870 bits per heavy atom. The maximum Gasteiger partial charge on any atom is 0.164 e. The zero-order valence-electron chi connectivity index (χ0n) is 37.0. The van der Waals surface area contributed by atoms with Crippen LogP contribution in [0.25, 0.3) is 137 Å². The van der Waals surface area contributed by atoms with Crippen molar-refractivity contribution in [3.05, 3.63) is 231 Å². The lowest BCUT2D eigenvalue weighted by Crippen LogP contribution is -2.02. The minimum Gasteiger partial charge on any atom is -0.456 e. The van der Waals surface area contributed by atoms with Crippen molar-refractivity contribution in [2.24, 2.45) is 0 Å². The van der Waals surface area contributed by atoms with Gasteiger partial charge in [0.1, 0.15) is 11.2 Å². The molecule has 0 radical (unpaired) electrons. The van der Waals surface area contributed by atoms with Crippen LogP contribution in [0, 0.1) is 0 Å². The lowest BCUT2D eigenvalue weighted by atomic mass is 9.96. The number of hydrogen-bond donors (Lipinski definition) is 0. The summed E-state index contributed by atoms with van der Waals surface area (Å²) < 4.78 is 11.5. The van der Waals surface area contributed by atoms with Gasteiger partial charge in [-0.3, -0.25) is 0 Å². The van der Waals surface area contributed by atoms with Gasteiger partial charge < -0.3 is 8.98 Å². The lowest BCUT2D eigenvalue weighted by Gasteiger charge is -2.15. The zero-order chi connectivity index (χ0) is 45.4. The molecule has 0 N–H and O–H groups in total. The van der Waals surface area contributed by atoms with Crippen LogP contribution in [0.4, 0.5) is 0 Å². The molecule has 0 saturated carbocycles. The second kappa shape index (κ2) is 15.8. The normalized spacial score (nSPS) is 11.8. The number of aromatic nitrogens is 4. The van der Waals surface area contributed by atoms with Gasteiger partial charge in [-0.05, 0) is 75.8 Å². The summed E-state index contributed by atoms with van der Waals surface area (Å²) in [7, 11) is 0. The van der Waals surface area contributed by atoms with Gasteiger partial charge in [-0.1, -0.05) is 188 Å². The molecule has 0 saturated heterocycles. The average Bonchev–Trinajstić information content (AvgIpc) is 4.11. The topological polar surface area (TPSA) is 56.7 Å². The van der Waals surface area contributed by atoms with Crippen LogP contribution >= 0.6 is 11.3 Å². The lowest BCUT2D eigenvalue weighted by molar-refractivity contribution is 0.669. The summed E-state index contributed by atoms with van der Waals surface area (Å²) in [6, 6.07) is 81.5. The van der Waals surface area contributed by atoms with E-state index in [-0.39, 0.29) is 0 Å². The zero-order valence-corrected chi connectivity index (χ0v) is 37.9. The fourth-order valence-electron chi connectivity index (χ4n) is 10.2. The average molecular weight is 899 g/mol. The second-order valence-corrected chi connectivity index (χ2v) is 18.6. The first-order chi connectivity index (χ1) is 34.2. The summed E-state index contributed by atoms with van der Waals surface area (Å²) in [5, 5.41) is 7.07. The first-order valence-electron chi connectivity index (χ1n) is 23.2. The second-order valence-electron chi connectivity index (χ2n) is 17.5. The van der Waals surface area contributed by atoms with Crippen LogP contribution in [0.1, 0.15) is 0 Å². The highest BCUT2D eigenvalue weighted by molar-refractivity contribution is 7.26. The van der Waals surface area contributed by atoms with Crippen molar-refractivity contribution in [2.45, 2.75) is 0 Å². The van der Waals surface area contributed by atoms with E-state index in [4.69, 9.17) is 19.4 Å². The fraction of sp³-hybridized carbons (Fsp3) is 0. The third-order valence-corrected chi connectivity index (χ3v) is 14.7. The van der Waals surface area contributed by atoms with E-state index in [0.29, 0.717) is 17.5 Å². The Bertz CT molecular complexity index is 4180. The summed E-state index contributed by atoms with van der Waals surface area (Å²) in [5.41, 5.74) is 14.3. The summed E-state index contributed by atoms with van der Waals surface area (Å²) >= 11 is 1.85. The number of hydrogen-bond acceptors (Lipinski definition) is 5. The molecule has 0 aliphatic heterocycles. The standard InChI is InChI=1S/C63H38N4OS/c1-3-14-39(15-4-1)41-26-30-43(31-27-41)61-64-62(44-32-28-42(29-33-44)40-16-5-2-6-17-40)66-63(65-61)46-36-45(48-21-13-24-56-58(48)53-20-8-11-23-55(53)68-56)37-47(38-46)67-54-22-10-7-18-49(54)51-34-35-52-50-19-9-12-25-57(50)69-60(52)59(51)67/h1-38H. The Morgan fingerprint density at radius 3 is 1.57 bits per heavy atom. The van der Waals surface area contributed by atoms with Crippen LogP contribution in [-0.2, 0) is 0 Å². The SMILES string of the molecule is c1ccc(-c2ccc(-c3nc(-c4ccc(-c5ccccc5)cc4)nc(-c4cc(-c5cccc6oc7ccccc7c56)cc(-n5c6ccccc6c6ccc7c8ccccc8sc7c65)c4)n3)cc2)cc1. The maximum absolute atomic E-state index is 6.49. The van der Waals surface area contributed by atoms with Gasteiger partial charge >= 0.3 is 0 Å². The van der Waals surface area contributed by atoms with Crippen LogP contribution in [0.15, 0.2) is 235 Å². The summed E-state index contributed by atoms with van der Waals surface area (Å²) in [4.78, 5) is 16.0. The Labute approximate surface area is 400 Å². The first-order valence-corrected chi connectivity index (χ1v) is 24.0. The quantitative estimate of drug-likeness (QED) is 0.160. The molecule has 5 nitrogen and oxygen atoms in total. The molecule has 322 valence electrons. The van der Waals surface area contributed by atoms with Gasteiger partial charge in [0.2, 0.25) is 0 Å². The van der Waals surface area contributed by atoms with E-state index in [9.17, 15) is 0 Å². The van der Waals surface area contributed by atoms with Crippen LogP contribution in [0.5, 0.6) is 0 Å². The number of fused-ring (bicyclic) bond motifs is 10. The largest absolute Gasteiger partial charge is 0.456 e. The number of benzene rings is 10. The molecule has 4 aromatic heterocycles. The highest BCUT2D eigenvalue weighted by Gasteiger charge is 2.22. The minimum absolute atomic E-state index is 0.578. The number of rotatable bonds is 7. The van der Waals surface area contributed by atoms with Crippen LogP contribution in [0.2, 0.25) is 0 Å². The molecular weight excluding hydrogens is 861 g/mol. The van der Waals surface area contributed by atoms with E-state index in [2.05, 4.69) is 211 Å². The number of thiophene rings is 1. The van der Waals surface area contributed by atoms with Gasteiger partial charge in [0.05, 0.1) is 15.7 Å². The highest BCUT2D eigenvalue weighted by atomic mass is 32.1. The van der Waals surface area contributed by atoms with Crippen LogP contribution in [0.3, 0.4) is 0 Å². The molecule has 0 aliphatic rings. The van der Waals surface area contributed by atoms with Crippen LogP contribution in [-0.4, -0.2) is 19.5 Å². The van der Waals surface area contributed by atoms with Crippen molar-refractivity contribution in [2.75, 3.05) is 0 Å². The summed E-state index contributed by atoms with van der Waals surface area (Å²) in [6.07, 6.45) is 0. The monoisotopic (exact) mass is 898 g/mol. The highest BCUT2D eigenvalue weighted by Crippen LogP contribution is 2.45. The molecule has 10 aromatic carbocycles. The van der Waals surface area contributed by atoms with Gasteiger partial charge in [-0.15, -0.1) is 11.3 Å². The Hall–Kier alpha value is -8.97. The van der Waals surface area contributed by atoms with Crippen molar-refractivity contribution in [3.63, 3.8) is 0 Å². The van der Waals surface area contributed by atoms with Crippen molar-refractivity contribution >= 4 is 75.3 Å². The van der Waals surface area contributed by atoms with E-state index in [1.54, 1.807) is 0 Å². The number of furan rings is 1. The van der Waals surface area contributed by atoms with Gasteiger partial charge in [0, 0.05) is 59.4 Å². The molecule has 0 aliphatic carbocycles. The van der Waals surface area contributed by atoms with Crippen molar-refractivity contribution in [3.8, 4) is 73.2 Å². The van der Waals surface area contributed by atoms with E-state index >= 15 is 0 Å². The van der Waals surface area contributed by atoms with Crippen LogP contribution < -0.4 is 0 Å². The molecule has 0 amide bonds.